The first-order valence-corrected chi connectivity index (χ1v) is 8.68. The number of benzene rings is 2. The molecule has 7 nitrogen and oxygen atoms in total. The average Bonchev–Trinajstić information content (AvgIpc) is 3.14. The van der Waals surface area contributed by atoms with Gasteiger partial charge in [-0.05, 0) is 36.6 Å². The first-order valence-electron chi connectivity index (χ1n) is 8.68. The van der Waals surface area contributed by atoms with E-state index in [-0.39, 0.29) is 35.7 Å². The molecule has 2 aliphatic heterocycles. The van der Waals surface area contributed by atoms with Crippen LogP contribution in [-0.2, 0) is 0 Å². The Morgan fingerprint density at radius 2 is 1.93 bits per heavy atom. The molecule has 2 aliphatic rings. The van der Waals surface area contributed by atoms with Crippen molar-refractivity contribution in [3.63, 3.8) is 0 Å². The number of ether oxygens (including phenoxy) is 3. The second kappa shape index (κ2) is 8.45. The summed E-state index contributed by atoms with van der Waals surface area (Å²) in [5, 5.41) is 14.3. The number of nitrogens with zero attached hydrogens (tertiary/aromatic N) is 1. The van der Waals surface area contributed by atoms with Gasteiger partial charge < -0.3 is 19.5 Å². The van der Waals surface area contributed by atoms with E-state index in [0.29, 0.717) is 18.3 Å². The molecule has 0 amide bonds. The molecule has 2 aromatic rings. The van der Waals surface area contributed by atoms with Gasteiger partial charge in [0.25, 0.3) is 5.69 Å². The predicted octanol–water partition coefficient (Wildman–Crippen LogP) is 3.52. The lowest BCUT2D eigenvalue weighted by molar-refractivity contribution is -0.384. The Labute approximate surface area is 163 Å². The van der Waals surface area contributed by atoms with Crippen molar-refractivity contribution in [3.05, 3.63) is 58.1 Å². The largest absolute Gasteiger partial charge is 0.493 e. The van der Waals surface area contributed by atoms with E-state index in [2.05, 4.69) is 5.32 Å². The number of nitro benzene ring substituents is 1. The summed E-state index contributed by atoms with van der Waals surface area (Å²) in [4.78, 5) is 10.5. The van der Waals surface area contributed by atoms with Crippen LogP contribution in [0.15, 0.2) is 42.5 Å². The van der Waals surface area contributed by atoms with Crippen molar-refractivity contribution in [2.45, 2.75) is 12.3 Å². The summed E-state index contributed by atoms with van der Waals surface area (Å²) in [5.74, 6) is 2.79. The molecule has 0 aromatic heterocycles. The molecule has 0 saturated carbocycles. The molecule has 8 heteroatoms. The molecule has 0 aliphatic carbocycles. The normalized spacial score (nSPS) is 20.6. The van der Waals surface area contributed by atoms with Gasteiger partial charge in [-0.1, -0.05) is 12.1 Å². The van der Waals surface area contributed by atoms with Crippen LogP contribution in [0.4, 0.5) is 5.69 Å². The monoisotopic (exact) mass is 392 g/mol. The highest BCUT2D eigenvalue weighted by atomic mass is 35.5. The highest BCUT2D eigenvalue weighted by Crippen LogP contribution is 2.36. The minimum atomic E-state index is -0.369. The van der Waals surface area contributed by atoms with Crippen LogP contribution >= 0.6 is 12.4 Å². The van der Waals surface area contributed by atoms with Gasteiger partial charge in [0.1, 0.15) is 5.75 Å². The van der Waals surface area contributed by atoms with E-state index in [1.165, 1.54) is 0 Å². The van der Waals surface area contributed by atoms with Gasteiger partial charge in [-0.25, -0.2) is 0 Å². The maximum atomic E-state index is 10.8. The van der Waals surface area contributed by atoms with E-state index in [9.17, 15) is 10.1 Å². The van der Waals surface area contributed by atoms with Crippen molar-refractivity contribution in [2.75, 3.05) is 26.5 Å². The first kappa shape index (κ1) is 19.3. The van der Waals surface area contributed by atoms with Crippen molar-refractivity contribution in [1.29, 1.82) is 0 Å². The molecule has 0 bridgehead atoms. The maximum absolute atomic E-state index is 10.8. The Morgan fingerprint density at radius 3 is 2.70 bits per heavy atom. The summed E-state index contributed by atoms with van der Waals surface area (Å²) in [6.07, 6.45) is 0.979. The molecule has 0 radical (unpaired) electrons. The van der Waals surface area contributed by atoms with Gasteiger partial charge in [0.2, 0.25) is 6.79 Å². The molecule has 144 valence electrons. The molecule has 2 atom stereocenters. The molecule has 1 saturated heterocycles. The van der Waals surface area contributed by atoms with E-state index in [4.69, 9.17) is 14.2 Å². The number of hydrogen-bond acceptors (Lipinski definition) is 6. The summed E-state index contributed by atoms with van der Waals surface area (Å²) < 4.78 is 16.7. The zero-order valence-electron chi connectivity index (χ0n) is 14.6. The Morgan fingerprint density at radius 1 is 1.15 bits per heavy atom. The maximum Gasteiger partial charge on any atom is 0.269 e. The number of piperidine rings is 1. The Balaban J connectivity index is 0.00000210. The Kier molecular flexibility index (Phi) is 6.03. The van der Waals surface area contributed by atoms with Gasteiger partial charge in [0, 0.05) is 30.7 Å². The second-order valence-corrected chi connectivity index (χ2v) is 6.53. The SMILES string of the molecule is Cl.O=[N+]([O-])c1ccc([C@@H]2CCNC[C@H]2COc2ccc3c(c2)OCO3)cc1. The van der Waals surface area contributed by atoms with E-state index < -0.39 is 0 Å². The third-order valence-electron chi connectivity index (χ3n) is 4.95. The fourth-order valence-corrected chi connectivity index (χ4v) is 3.55. The average molecular weight is 393 g/mol. The molecule has 4 rings (SSSR count). The minimum Gasteiger partial charge on any atom is -0.493 e. The quantitative estimate of drug-likeness (QED) is 0.619. The van der Waals surface area contributed by atoms with Gasteiger partial charge in [-0.3, -0.25) is 10.1 Å². The zero-order chi connectivity index (χ0) is 17.9. The number of nitro groups is 1. The number of halogens is 1. The van der Waals surface area contributed by atoms with E-state index in [1.807, 2.05) is 30.3 Å². The van der Waals surface area contributed by atoms with Crippen LogP contribution in [0.3, 0.4) is 0 Å². The molecule has 27 heavy (non-hydrogen) atoms. The third kappa shape index (κ3) is 4.26. The lowest BCUT2D eigenvalue weighted by Gasteiger charge is -2.32. The molecular weight excluding hydrogens is 372 g/mol. The van der Waals surface area contributed by atoms with Crippen molar-refractivity contribution in [3.8, 4) is 17.2 Å². The third-order valence-corrected chi connectivity index (χ3v) is 4.95. The number of nitrogens with one attached hydrogen (secondary N) is 1. The predicted molar refractivity (Wildman–Crippen MR) is 102 cm³/mol. The lowest BCUT2D eigenvalue weighted by Crippen LogP contribution is -2.38. The molecule has 1 N–H and O–H groups in total. The van der Waals surface area contributed by atoms with Crippen LogP contribution in [0.2, 0.25) is 0 Å². The lowest BCUT2D eigenvalue weighted by atomic mass is 9.81. The number of fused-ring (bicyclic) bond motifs is 1. The minimum absolute atomic E-state index is 0. The number of hydrogen-bond donors (Lipinski definition) is 1. The molecule has 2 heterocycles. The highest BCUT2D eigenvalue weighted by Gasteiger charge is 2.27. The van der Waals surface area contributed by atoms with Crippen LogP contribution in [0.1, 0.15) is 17.9 Å². The number of rotatable bonds is 5. The van der Waals surface area contributed by atoms with Gasteiger partial charge in [0.05, 0.1) is 11.5 Å². The molecule has 2 aromatic carbocycles. The topological polar surface area (TPSA) is 82.9 Å². The smallest absolute Gasteiger partial charge is 0.269 e. The zero-order valence-corrected chi connectivity index (χ0v) is 15.4. The second-order valence-electron chi connectivity index (χ2n) is 6.53. The standard InChI is InChI=1S/C19H20N2O5.ClH/c22-21(23)15-3-1-13(2-4-15)17-7-8-20-10-14(17)11-24-16-5-6-18-19(9-16)26-12-25-18;/h1-6,9,14,17,20H,7-8,10-12H2;1H/t14-,17-;/m0./s1. The molecule has 0 unspecified atom stereocenters. The van der Waals surface area contributed by atoms with Crippen LogP contribution < -0.4 is 19.5 Å². The summed E-state index contributed by atoms with van der Waals surface area (Å²) in [6.45, 7) is 2.59. The van der Waals surface area contributed by atoms with Gasteiger partial charge >= 0.3 is 0 Å². The van der Waals surface area contributed by atoms with E-state index >= 15 is 0 Å². The van der Waals surface area contributed by atoms with Crippen molar-refractivity contribution >= 4 is 18.1 Å². The van der Waals surface area contributed by atoms with Crippen molar-refractivity contribution in [2.24, 2.45) is 5.92 Å². The number of non-ortho nitro benzene ring substituents is 1. The Hall–Kier alpha value is -2.51. The van der Waals surface area contributed by atoms with Crippen LogP contribution in [0.25, 0.3) is 0 Å². The van der Waals surface area contributed by atoms with E-state index in [1.54, 1.807) is 12.1 Å². The fourth-order valence-electron chi connectivity index (χ4n) is 3.55. The summed E-state index contributed by atoms with van der Waals surface area (Å²) in [6, 6.07) is 12.5. The first-order chi connectivity index (χ1) is 12.7. The molecule has 0 spiro atoms. The van der Waals surface area contributed by atoms with Crippen LogP contribution in [0.5, 0.6) is 17.2 Å². The van der Waals surface area contributed by atoms with Crippen molar-refractivity contribution < 1.29 is 19.1 Å². The fraction of sp³-hybridized carbons (Fsp3) is 0.368. The summed E-state index contributed by atoms with van der Waals surface area (Å²) in [7, 11) is 0. The highest BCUT2D eigenvalue weighted by molar-refractivity contribution is 5.85. The van der Waals surface area contributed by atoms with Crippen molar-refractivity contribution in [1.82, 2.24) is 5.32 Å². The van der Waals surface area contributed by atoms with Gasteiger partial charge in [0.15, 0.2) is 11.5 Å². The summed E-state index contributed by atoms with van der Waals surface area (Å²) in [5.41, 5.74) is 1.24. The molecule has 1 fully saturated rings. The van der Waals surface area contributed by atoms with E-state index in [0.717, 1.165) is 36.6 Å². The van der Waals surface area contributed by atoms with Gasteiger partial charge in [-0.2, -0.15) is 0 Å². The van der Waals surface area contributed by atoms with Crippen LogP contribution in [-0.4, -0.2) is 31.4 Å². The van der Waals surface area contributed by atoms with Crippen LogP contribution in [0, 0.1) is 16.0 Å². The van der Waals surface area contributed by atoms with Gasteiger partial charge in [-0.15, -0.1) is 12.4 Å². The Bertz CT molecular complexity index is 799. The summed E-state index contributed by atoms with van der Waals surface area (Å²) >= 11 is 0. The molecular formula is C19H21ClN2O5.